The Morgan fingerprint density at radius 3 is 3.05 bits per heavy atom. The van der Waals surface area contributed by atoms with Crippen LogP contribution in [0.3, 0.4) is 0 Å². The third-order valence-electron chi connectivity index (χ3n) is 3.71. The highest BCUT2D eigenvalue weighted by molar-refractivity contribution is 7.10. The van der Waals surface area contributed by atoms with Crippen molar-refractivity contribution >= 4 is 11.3 Å². The molecule has 0 bridgehead atoms. The van der Waals surface area contributed by atoms with Gasteiger partial charge < -0.3 is 9.88 Å². The molecule has 3 rings (SSSR count). The first-order valence-electron chi connectivity index (χ1n) is 7.16. The van der Waals surface area contributed by atoms with Crippen LogP contribution in [-0.4, -0.2) is 16.1 Å². The van der Waals surface area contributed by atoms with Gasteiger partial charge in [0.05, 0.1) is 6.33 Å². The van der Waals surface area contributed by atoms with Gasteiger partial charge in [0.2, 0.25) is 0 Å². The second kappa shape index (κ2) is 6.35. The minimum Gasteiger partial charge on any atom is -0.337 e. The number of rotatable bonds is 8. The van der Waals surface area contributed by atoms with Crippen molar-refractivity contribution in [1.29, 1.82) is 0 Å². The van der Waals surface area contributed by atoms with Crippen LogP contribution in [0, 0.1) is 5.92 Å². The molecule has 1 unspecified atom stereocenters. The van der Waals surface area contributed by atoms with Crippen LogP contribution in [0.4, 0.5) is 0 Å². The van der Waals surface area contributed by atoms with Crippen LogP contribution in [0.1, 0.15) is 36.6 Å². The maximum Gasteiger partial charge on any atom is 0.0945 e. The van der Waals surface area contributed by atoms with Crippen molar-refractivity contribution < 1.29 is 0 Å². The molecule has 0 aliphatic heterocycles. The lowest BCUT2D eigenvalue weighted by Crippen LogP contribution is -2.23. The molecule has 1 N–H and O–H groups in total. The summed E-state index contributed by atoms with van der Waals surface area (Å²) in [5.74, 6) is 0.882. The number of nitrogens with zero attached hydrogens (tertiary/aromatic N) is 2. The number of hydrogen-bond acceptors (Lipinski definition) is 3. The van der Waals surface area contributed by atoms with Crippen LogP contribution in [0.25, 0.3) is 0 Å². The van der Waals surface area contributed by atoms with Gasteiger partial charge in [0.1, 0.15) is 0 Å². The molecule has 0 aromatic carbocycles. The summed E-state index contributed by atoms with van der Waals surface area (Å²) >= 11 is 1.89. The monoisotopic (exact) mass is 275 g/mol. The van der Waals surface area contributed by atoms with E-state index in [1.165, 1.54) is 30.6 Å². The summed E-state index contributed by atoms with van der Waals surface area (Å²) in [7, 11) is 0. The summed E-state index contributed by atoms with van der Waals surface area (Å²) in [6.45, 7) is 2.20. The van der Waals surface area contributed by atoms with E-state index in [0.717, 1.165) is 19.0 Å². The molecule has 2 heterocycles. The van der Waals surface area contributed by atoms with Crippen molar-refractivity contribution in [2.75, 3.05) is 6.54 Å². The van der Waals surface area contributed by atoms with Crippen LogP contribution in [0.5, 0.6) is 0 Å². The number of nitrogens with one attached hydrogen (secondary N) is 1. The largest absolute Gasteiger partial charge is 0.337 e. The standard InChI is InChI=1S/C15H21N3S/c1(2-9-18-10-8-16-12-18)7-17-15(13-5-6-13)14-4-3-11-19-14/h3-4,8,10-13,15,17H,1-2,5-7,9H2. The van der Waals surface area contributed by atoms with Crippen molar-refractivity contribution in [2.24, 2.45) is 5.92 Å². The highest BCUT2D eigenvalue weighted by atomic mass is 32.1. The van der Waals surface area contributed by atoms with Crippen molar-refractivity contribution in [3.63, 3.8) is 0 Å². The number of unbranched alkanes of at least 4 members (excludes halogenated alkanes) is 1. The zero-order chi connectivity index (χ0) is 12.9. The Kier molecular flexibility index (Phi) is 4.30. The Labute approximate surface area is 118 Å². The number of aryl methyl sites for hydroxylation is 1. The number of aromatic nitrogens is 2. The van der Waals surface area contributed by atoms with Crippen molar-refractivity contribution in [2.45, 2.75) is 38.3 Å². The Balaban J connectivity index is 1.38. The molecule has 0 amide bonds. The predicted molar refractivity (Wildman–Crippen MR) is 79.2 cm³/mol. The Hall–Kier alpha value is -1.13. The zero-order valence-corrected chi connectivity index (χ0v) is 12.0. The summed E-state index contributed by atoms with van der Waals surface area (Å²) in [6, 6.07) is 5.04. The topological polar surface area (TPSA) is 29.9 Å². The molecule has 0 radical (unpaired) electrons. The van der Waals surface area contributed by atoms with Crippen LogP contribution < -0.4 is 5.32 Å². The Morgan fingerprint density at radius 1 is 1.42 bits per heavy atom. The summed E-state index contributed by atoms with van der Waals surface area (Å²) in [5.41, 5.74) is 0. The highest BCUT2D eigenvalue weighted by Crippen LogP contribution is 2.42. The first-order valence-corrected chi connectivity index (χ1v) is 8.04. The second-order valence-electron chi connectivity index (χ2n) is 5.29. The normalized spacial score (nSPS) is 16.6. The first-order chi connectivity index (χ1) is 9.43. The molecule has 0 saturated heterocycles. The van der Waals surface area contributed by atoms with E-state index < -0.39 is 0 Å². The molecule has 3 nitrogen and oxygen atoms in total. The van der Waals surface area contributed by atoms with Gasteiger partial charge in [0.15, 0.2) is 0 Å². The van der Waals surface area contributed by atoms with E-state index in [0.29, 0.717) is 6.04 Å². The first kappa shape index (κ1) is 12.9. The average Bonchev–Trinajstić information content (AvgIpc) is 2.93. The third-order valence-corrected chi connectivity index (χ3v) is 4.67. The molecule has 102 valence electrons. The SMILES string of the molecule is c1csc(C(NCCCCn2ccnc2)C2CC2)c1. The molecule has 2 aromatic rings. The van der Waals surface area contributed by atoms with Gasteiger partial charge in [0.25, 0.3) is 0 Å². The third kappa shape index (κ3) is 3.67. The summed E-state index contributed by atoms with van der Waals surface area (Å²) < 4.78 is 2.15. The lowest BCUT2D eigenvalue weighted by Gasteiger charge is -2.16. The van der Waals surface area contributed by atoms with E-state index in [-0.39, 0.29) is 0 Å². The molecular weight excluding hydrogens is 254 g/mol. The molecular formula is C15H21N3S. The van der Waals surface area contributed by atoms with Crippen LogP contribution >= 0.6 is 11.3 Å². The van der Waals surface area contributed by atoms with E-state index in [4.69, 9.17) is 0 Å². The van der Waals surface area contributed by atoms with Gasteiger partial charge >= 0.3 is 0 Å². The maximum absolute atomic E-state index is 4.06. The fraction of sp³-hybridized carbons (Fsp3) is 0.533. The van der Waals surface area contributed by atoms with Gasteiger partial charge in [-0.3, -0.25) is 0 Å². The van der Waals surface area contributed by atoms with Gasteiger partial charge in [-0.1, -0.05) is 6.07 Å². The smallest absolute Gasteiger partial charge is 0.0945 e. The number of imidazole rings is 1. The second-order valence-corrected chi connectivity index (χ2v) is 6.27. The van der Waals surface area contributed by atoms with E-state index in [1.54, 1.807) is 0 Å². The van der Waals surface area contributed by atoms with E-state index in [2.05, 4.69) is 32.4 Å². The summed E-state index contributed by atoms with van der Waals surface area (Å²) in [5, 5.41) is 5.94. The van der Waals surface area contributed by atoms with Crippen LogP contribution in [-0.2, 0) is 6.54 Å². The lowest BCUT2D eigenvalue weighted by molar-refractivity contribution is 0.467. The van der Waals surface area contributed by atoms with E-state index in [1.807, 2.05) is 30.1 Å². The van der Waals surface area contributed by atoms with Crippen LogP contribution in [0.2, 0.25) is 0 Å². The van der Waals surface area contributed by atoms with E-state index >= 15 is 0 Å². The molecule has 1 aliphatic carbocycles. The highest BCUT2D eigenvalue weighted by Gasteiger charge is 2.32. The molecule has 19 heavy (non-hydrogen) atoms. The summed E-state index contributed by atoms with van der Waals surface area (Å²) in [4.78, 5) is 5.57. The minimum absolute atomic E-state index is 0.605. The minimum atomic E-state index is 0.605. The zero-order valence-electron chi connectivity index (χ0n) is 11.2. The van der Waals surface area contributed by atoms with Gasteiger partial charge in [0, 0.05) is 29.9 Å². The Bertz CT molecular complexity index is 460. The van der Waals surface area contributed by atoms with Gasteiger partial charge in [-0.15, -0.1) is 11.3 Å². The summed E-state index contributed by atoms with van der Waals surface area (Å²) in [6.07, 6.45) is 11.0. The van der Waals surface area contributed by atoms with E-state index in [9.17, 15) is 0 Å². The van der Waals surface area contributed by atoms with Gasteiger partial charge in [-0.25, -0.2) is 4.98 Å². The van der Waals surface area contributed by atoms with Gasteiger partial charge in [-0.2, -0.15) is 0 Å². The molecule has 1 atom stereocenters. The van der Waals surface area contributed by atoms with Gasteiger partial charge in [-0.05, 0) is 49.6 Å². The molecule has 2 aromatic heterocycles. The maximum atomic E-state index is 4.06. The van der Waals surface area contributed by atoms with Crippen molar-refractivity contribution in [3.05, 3.63) is 41.1 Å². The molecule has 1 saturated carbocycles. The molecule has 4 heteroatoms. The molecule has 1 fully saturated rings. The molecule has 0 spiro atoms. The number of thiophene rings is 1. The quantitative estimate of drug-likeness (QED) is 0.748. The molecule has 1 aliphatic rings. The van der Waals surface area contributed by atoms with Crippen LogP contribution in [0.15, 0.2) is 36.2 Å². The van der Waals surface area contributed by atoms with Crippen molar-refractivity contribution in [1.82, 2.24) is 14.9 Å². The average molecular weight is 275 g/mol. The Morgan fingerprint density at radius 2 is 2.37 bits per heavy atom. The fourth-order valence-corrected chi connectivity index (χ4v) is 3.39. The lowest BCUT2D eigenvalue weighted by atomic mass is 10.1. The number of hydrogen-bond donors (Lipinski definition) is 1. The predicted octanol–water partition coefficient (Wildman–Crippen LogP) is 3.47. The van der Waals surface area contributed by atoms with Crippen molar-refractivity contribution in [3.8, 4) is 0 Å². The fourth-order valence-electron chi connectivity index (χ4n) is 2.49.